The van der Waals surface area contributed by atoms with Crippen LogP contribution in [0.3, 0.4) is 0 Å². The molecule has 3 rings (SSSR count). The SMILES string of the molecule is NCc1ccc(-c2nnnn2-c2cccc(C(F)(F)F)c2)cc1. The lowest BCUT2D eigenvalue weighted by Gasteiger charge is -2.09. The van der Waals surface area contributed by atoms with E-state index in [1.807, 2.05) is 12.1 Å². The molecular formula is C15H12F3N5. The summed E-state index contributed by atoms with van der Waals surface area (Å²) < 4.78 is 39.8. The first-order chi connectivity index (χ1) is 11.0. The first-order valence-corrected chi connectivity index (χ1v) is 6.74. The van der Waals surface area contributed by atoms with Crippen molar-refractivity contribution in [2.45, 2.75) is 12.7 Å². The molecule has 0 fully saturated rings. The highest BCUT2D eigenvalue weighted by atomic mass is 19.4. The quantitative estimate of drug-likeness (QED) is 0.806. The molecule has 0 saturated heterocycles. The van der Waals surface area contributed by atoms with Gasteiger partial charge in [0.1, 0.15) is 0 Å². The number of nitrogens with zero attached hydrogens (tertiary/aromatic N) is 4. The molecule has 0 atom stereocenters. The number of alkyl halides is 3. The lowest BCUT2D eigenvalue weighted by Crippen LogP contribution is -2.07. The zero-order chi connectivity index (χ0) is 16.4. The minimum atomic E-state index is -4.42. The summed E-state index contributed by atoms with van der Waals surface area (Å²) in [7, 11) is 0. The molecule has 8 heteroatoms. The highest BCUT2D eigenvalue weighted by Crippen LogP contribution is 2.30. The fourth-order valence-corrected chi connectivity index (χ4v) is 2.14. The van der Waals surface area contributed by atoms with Crippen LogP contribution in [0, 0.1) is 0 Å². The van der Waals surface area contributed by atoms with E-state index in [1.54, 1.807) is 12.1 Å². The summed E-state index contributed by atoms with van der Waals surface area (Å²) in [6, 6.07) is 12.0. The second-order valence-corrected chi connectivity index (χ2v) is 4.86. The monoisotopic (exact) mass is 319 g/mol. The van der Waals surface area contributed by atoms with Crippen molar-refractivity contribution in [2.24, 2.45) is 5.73 Å². The van der Waals surface area contributed by atoms with Crippen LogP contribution in [0.25, 0.3) is 17.1 Å². The minimum absolute atomic E-state index is 0.239. The van der Waals surface area contributed by atoms with Gasteiger partial charge in [-0.2, -0.15) is 17.9 Å². The molecule has 0 bridgehead atoms. The Bertz CT molecular complexity index is 808. The van der Waals surface area contributed by atoms with Gasteiger partial charge in [-0.1, -0.05) is 30.3 Å². The lowest BCUT2D eigenvalue weighted by molar-refractivity contribution is -0.137. The summed E-state index contributed by atoms with van der Waals surface area (Å²) in [6.07, 6.45) is -4.42. The summed E-state index contributed by atoms with van der Waals surface area (Å²) >= 11 is 0. The number of rotatable bonds is 3. The molecule has 0 amide bonds. The van der Waals surface area contributed by atoms with Crippen LogP contribution in [-0.2, 0) is 12.7 Å². The van der Waals surface area contributed by atoms with Crippen molar-refractivity contribution in [3.8, 4) is 17.1 Å². The van der Waals surface area contributed by atoms with Gasteiger partial charge in [-0.3, -0.25) is 0 Å². The van der Waals surface area contributed by atoms with Crippen LogP contribution in [0.4, 0.5) is 13.2 Å². The summed E-state index contributed by atoms with van der Waals surface area (Å²) in [4.78, 5) is 0. The molecule has 0 aliphatic heterocycles. The Morgan fingerprint density at radius 1 is 1.04 bits per heavy atom. The molecule has 0 unspecified atom stereocenters. The van der Waals surface area contributed by atoms with Crippen LogP contribution in [0.15, 0.2) is 48.5 Å². The van der Waals surface area contributed by atoms with Crippen molar-refractivity contribution >= 4 is 0 Å². The Morgan fingerprint density at radius 3 is 2.43 bits per heavy atom. The summed E-state index contributed by atoms with van der Waals surface area (Å²) in [6.45, 7) is 0.402. The van der Waals surface area contributed by atoms with Crippen LogP contribution in [0.1, 0.15) is 11.1 Å². The molecule has 0 spiro atoms. The van der Waals surface area contributed by atoms with Crippen LogP contribution in [0.5, 0.6) is 0 Å². The van der Waals surface area contributed by atoms with E-state index >= 15 is 0 Å². The predicted molar refractivity (Wildman–Crippen MR) is 77.5 cm³/mol. The first kappa shape index (κ1) is 15.2. The maximum absolute atomic E-state index is 12.8. The highest BCUT2D eigenvalue weighted by molar-refractivity contribution is 5.58. The van der Waals surface area contributed by atoms with Gasteiger partial charge < -0.3 is 5.73 Å². The number of nitrogens with two attached hydrogens (primary N) is 1. The summed E-state index contributed by atoms with van der Waals surface area (Å²) in [5.74, 6) is 0.355. The number of tetrazole rings is 1. The van der Waals surface area contributed by atoms with Gasteiger partial charge in [-0.25, -0.2) is 0 Å². The van der Waals surface area contributed by atoms with E-state index in [0.717, 1.165) is 17.7 Å². The average Bonchev–Trinajstić information content (AvgIpc) is 3.04. The molecule has 23 heavy (non-hydrogen) atoms. The zero-order valence-corrected chi connectivity index (χ0v) is 11.8. The molecular weight excluding hydrogens is 307 g/mol. The molecule has 0 aliphatic rings. The third kappa shape index (κ3) is 3.07. The summed E-state index contributed by atoms with van der Waals surface area (Å²) in [5, 5.41) is 11.3. The third-order valence-corrected chi connectivity index (χ3v) is 3.34. The van der Waals surface area contributed by atoms with Crippen molar-refractivity contribution in [3.63, 3.8) is 0 Å². The normalized spacial score (nSPS) is 11.7. The number of hydrogen-bond acceptors (Lipinski definition) is 4. The molecule has 0 saturated carbocycles. The fraction of sp³-hybridized carbons (Fsp3) is 0.133. The van der Waals surface area contributed by atoms with Crippen LogP contribution >= 0.6 is 0 Å². The Labute approximate surface area is 129 Å². The van der Waals surface area contributed by atoms with Crippen LogP contribution in [-0.4, -0.2) is 20.2 Å². The summed E-state index contributed by atoms with van der Waals surface area (Å²) in [5.41, 5.74) is 6.65. The van der Waals surface area contributed by atoms with Crippen molar-refractivity contribution < 1.29 is 13.2 Å². The van der Waals surface area contributed by atoms with Gasteiger partial charge in [0.25, 0.3) is 0 Å². The molecule has 118 valence electrons. The number of halogens is 3. The molecule has 1 aromatic heterocycles. The number of hydrogen-bond donors (Lipinski definition) is 1. The van der Waals surface area contributed by atoms with Gasteiger partial charge >= 0.3 is 6.18 Å². The molecule has 2 N–H and O–H groups in total. The second-order valence-electron chi connectivity index (χ2n) is 4.86. The Hall–Kier alpha value is -2.74. The van der Waals surface area contributed by atoms with Crippen molar-refractivity contribution in [2.75, 3.05) is 0 Å². The smallest absolute Gasteiger partial charge is 0.326 e. The van der Waals surface area contributed by atoms with Crippen molar-refractivity contribution in [3.05, 3.63) is 59.7 Å². The Balaban J connectivity index is 2.04. The fourth-order valence-electron chi connectivity index (χ4n) is 2.14. The van der Waals surface area contributed by atoms with Gasteiger partial charge in [0.05, 0.1) is 11.3 Å². The maximum Gasteiger partial charge on any atom is 0.416 e. The van der Waals surface area contributed by atoms with E-state index < -0.39 is 11.7 Å². The molecule has 3 aromatic rings. The van der Waals surface area contributed by atoms with Gasteiger partial charge in [0, 0.05) is 12.1 Å². The Morgan fingerprint density at radius 2 is 1.78 bits per heavy atom. The Kier molecular flexibility index (Phi) is 3.83. The van der Waals surface area contributed by atoms with E-state index in [2.05, 4.69) is 15.5 Å². The van der Waals surface area contributed by atoms with E-state index in [-0.39, 0.29) is 5.69 Å². The van der Waals surface area contributed by atoms with Gasteiger partial charge in [0.15, 0.2) is 5.82 Å². The predicted octanol–water partition coefficient (Wildman–Crippen LogP) is 2.81. The first-order valence-electron chi connectivity index (χ1n) is 6.74. The largest absolute Gasteiger partial charge is 0.416 e. The van der Waals surface area contributed by atoms with E-state index in [0.29, 0.717) is 17.9 Å². The molecule has 2 aromatic carbocycles. The van der Waals surface area contributed by atoms with Crippen LogP contribution < -0.4 is 5.73 Å². The van der Waals surface area contributed by atoms with Crippen LogP contribution in [0.2, 0.25) is 0 Å². The van der Waals surface area contributed by atoms with Crippen molar-refractivity contribution in [1.82, 2.24) is 20.2 Å². The van der Waals surface area contributed by atoms with Gasteiger partial charge in [0.2, 0.25) is 0 Å². The zero-order valence-electron chi connectivity index (χ0n) is 11.8. The van der Waals surface area contributed by atoms with E-state index in [9.17, 15) is 13.2 Å². The second kappa shape index (κ2) is 5.81. The van der Waals surface area contributed by atoms with E-state index in [1.165, 1.54) is 16.8 Å². The minimum Gasteiger partial charge on any atom is -0.326 e. The number of benzene rings is 2. The molecule has 0 radical (unpaired) electrons. The number of aromatic nitrogens is 4. The molecule has 0 aliphatic carbocycles. The van der Waals surface area contributed by atoms with E-state index in [4.69, 9.17) is 5.73 Å². The average molecular weight is 319 g/mol. The standard InChI is InChI=1S/C15H12F3N5/c16-15(17,18)12-2-1-3-13(8-12)23-14(20-21-22-23)11-6-4-10(9-19)5-7-11/h1-8H,9,19H2. The lowest BCUT2D eigenvalue weighted by atomic mass is 10.1. The topological polar surface area (TPSA) is 69.6 Å². The van der Waals surface area contributed by atoms with Crippen molar-refractivity contribution in [1.29, 1.82) is 0 Å². The van der Waals surface area contributed by atoms with Gasteiger partial charge in [-0.05, 0) is 34.2 Å². The molecule has 5 nitrogen and oxygen atoms in total. The highest BCUT2D eigenvalue weighted by Gasteiger charge is 2.30. The molecule has 1 heterocycles. The maximum atomic E-state index is 12.8. The third-order valence-electron chi connectivity index (χ3n) is 3.34. The van der Waals surface area contributed by atoms with Gasteiger partial charge in [-0.15, -0.1) is 5.10 Å².